The number of carbonyl (C=O) groups is 1. The number of nitrogens with zero attached hydrogens (tertiary/aromatic N) is 1. The molecule has 36 heavy (non-hydrogen) atoms. The fourth-order valence-corrected chi connectivity index (χ4v) is 7.85. The third-order valence-electron chi connectivity index (χ3n) is 9.47. The molecule has 5 rings (SSSR count). The van der Waals surface area contributed by atoms with E-state index in [9.17, 15) is 9.90 Å². The summed E-state index contributed by atoms with van der Waals surface area (Å²) in [6.07, 6.45) is 10.1. The Balaban J connectivity index is 1.10. The molecule has 0 bridgehead atoms. The zero-order valence-corrected chi connectivity index (χ0v) is 22.4. The summed E-state index contributed by atoms with van der Waals surface area (Å²) < 4.78 is 5.86. The van der Waals surface area contributed by atoms with Crippen molar-refractivity contribution in [2.45, 2.75) is 87.6 Å². The number of fused-ring (bicyclic) bond motifs is 1. The number of hydrogen-bond donors (Lipinski definition) is 6. The lowest BCUT2D eigenvalue weighted by Crippen LogP contribution is -2.55. The van der Waals surface area contributed by atoms with Crippen LogP contribution >= 0.6 is 11.6 Å². The first-order valence-corrected chi connectivity index (χ1v) is 14.9. The maximum Gasteiger partial charge on any atom is 0.223 e. The Bertz CT molecular complexity index is 713. The highest BCUT2D eigenvalue weighted by molar-refractivity contribution is 6.20. The van der Waals surface area contributed by atoms with E-state index in [0.29, 0.717) is 36.9 Å². The van der Waals surface area contributed by atoms with Gasteiger partial charge in [0.05, 0.1) is 38.2 Å². The zero-order valence-electron chi connectivity index (χ0n) is 21.6. The number of aliphatic hydroxyl groups is 1. The Labute approximate surface area is 221 Å². The van der Waals surface area contributed by atoms with Crippen LogP contribution in [0.3, 0.4) is 0 Å². The van der Waals surface area contributed by atoms with E-state index in [-0.39, 0.29) is 42.2 Å². The fraction of sp³-hybridized carbons (Fsp3) is 0.962. The summed E-state index contributed by atoms with van der Waals surface area (Å²) in [5, 5.41) is 20.5. The summed E-state index contributed by atoms with van der Waals surface area (Å²) in [7, 11) is 0. The molecule has 5 aliphatic rings. The first kappa shape index (κ1) is 27.1. The molecule has 0 radical (unpaired) electrons. The van der Waals surface area contributed by atoms with Crippen molar-refractivity contribution in [3.05, 3.63) is 0 Å². The van der Waals surface area contributed by atoms with E-state index in [4.69, 9.17) is 16.3 Å². The average Bonchev–Trinajstić information content (AvgIpc) is 3.31. The van der Waals surface area contributed by atoms with Gasteiger partial charge in [-0.3, -0.25) is 9.69 Å². The molecule has 0 aromatic carbocycles. The maximum absolute atomic E-state index is 13.3. The summed E-state index contributed by atoms with van der Waals surface area (Å²) in [5.41, 5.74) is 6.98. The Hall–Kier alpha value is -0.520. The summed E-state index contributed by atoms with van der Waals surface area (Å²) >= 11 is 6.60. The number of amides is 1. The van der Waals surface area contributed by atoms with Crippen molar-refractivity contribution >= 4 is 17.5 Å². The van der Waals surface area contributed by atoms with Gasteiger partial charge in [0.15, 0.2) is 0 Å². The second-order valence-corrected chi connectivity index (χ2v) is 12.3. The second kappa shape index (κ2) is 13.0. The molecule has 1 amide bonds. The maximum atomic E-state index is 13.3. The normalized spacial score (nSPS) is 40.6. The molecule has 0 aromatic heterocycles. The highest BCUT2D eigenvalue weighted by Crippen LogP contribution is 2.38. The Morgan fingerprint density at radius 2 is 1.86 bits per heavy atom. The monoisotopic (exact) mass is 526 g/mol. The van der Waals surface area contributed by atoms with Gasteiger partial charge in [-0.2, -0.15) is 0 Å². The van der Waals surface area contributed by atoms with Crippen LogP contribution in [0.15, 0.2) is 0 Å². The van der Waals surface area contributed by atoms with Gasteiger partial charge in [0.25, 0.3) is 0 Å². The summed E-state index contributed by atoms with van der Waals surface area (Å²) in [6.45, 7) is 5.08. The number of hydrazine groups is 1. The van der Waals surface area contributed by atoms with Crippen molar-refractivity contribution in [2.24, 2.45) is 23.7 Å². The molecular formula is C26H47ClN6O3. The average molecular weight is 527 g/mol. The fourth-order valence-electron chi connectivity index (χ4n) is 7.44. The van der Waals surface area contributed by atoms with E-state index in [0.717, 1.165) is 84.0 Å². The predicted molar refractivity (Wildman–Crippen MR) is 140 cm³/mol. The number of rotatable bonds is 8. The van der Waals surface area contributed by atoms with Gasteiger partial charge in [-0.25, -0.2) is 10.9 Å². The number of alkyl halides is 1. The van der Waals surface area contributed by atoms with Crippen LogP contribution in [0.5, 0.6) is 0 Å². The number of β-amino-alcohol motifs (C(OH)–C–C–N with tert-alkyl or cyclic N) is 1. The predicted octanol–water partition coefficient (Wildman–Crippen LogP) is 0.727. The minimum absolute atomic E-state index is 0.0534. The summed E-state index contributed by atoms with van der Waals surface area (Å²) in [4.78, 5) is 15.7. The van der Waals surface area contributed by atoms with Crippen LogP contribution in [-0.4, -0.2) is 91.7 Å². The molecular weight excluding hydrogens is 480 g/mol. The topological polar surface area (TPSA) is 110 Å². The summed E-state index contributed by atoms with van der Waals surface area (Å²) in [6, 6.07) is 0.432. The largest absolute Gasteiger partial charge is 0.395 e. The molecule has 3 saturated heterocycles. The molecule has 2 saturated carbocycles. The summed E-state index contributed by atoms with van der Waals surface area (Å²) in [5.74, 6) is 1.64. The van der Waals surface area contributed by atoms with Gasteiger partial charge in [0, 0.05) is 36.3 Å². The highest BCUT2D eigenvalue weighted by atomic mass is 35.5. The standard InChI is InChI=1S/C26H47ClN6O3/c27-22-6-2-5-20-21(22)15-36-16-23(20)30-26(35)18-3-1-4-19(13-18)29-14-24-31-32-25(33(24)11-12-34)17-7-9-28-10-8-17/h17-25,28-29,31-32,34H,1-16H2,(H,30,35)/t18?,19?,20?,21?,22?,23-,24?,25?/m1/s1. The van der Waals surface area contributed by atoms with E-state index in [2.05, 4.69) is 31.7 Å². The van der Waals surface area contributed by atoms with Crippen molar-refractivity contribution in [2.75, 3.05) is 46.0 Å². The van der Waals surface area contributed by atoms with Crippen molar-refractivity contribution in [3.63, 3.8) is 0 Å². The van der Waals surface area contributed by atoms with E-state index >= 15 is 0 Å². The van der Waals surface area contributed by atoms with Crippen LogP contribution in [0.2, 0.25) is 0 Å². The number of nitrogens with one attached hydrogen (secondary N) is 5. The molecule has 3 heterocycles. The third-order valence-corrected chi connectivity index (χ3v) is 10.0. The number of piperidine rings is 1. The number of hydrogen-bond acceptors (Lipinski definition) is 8. The number of aliphatic hydroxyl groups excluding tert-OH is 1. The lowest BCUT2D eigenvalue weighted by atomic mass is 9.74. The van der Waals surface area contributed by atoms with E-state index in [1.807, 2.05) is 0 Å². The number of carbonyl (C=O) groups excluding carboxylic acids is 1. The Morgan fingerprint density at radius 1 is 1.03 bits per heavy atom. The molecule has 206 valence electrons. The molecule has 0 spiro atoms. The van der Waals surface area contributed by atoms with Crippen LogP contribution in [0.4, 0.5) is 0 Å². The van der Waals surface area contributed by atoms with E-state index < -0.39 is 0 Å². The minimum Gasteiger partial charge on any atom is -0.395 e. The van der Waals surface area contributed by atoms with E-state index in [1.54, 1.807) is 0 Å². The van der Waals surface area contributed by atoms with Gasteiger partial charge < -0.3 is 25.8 Å². The molecule has 5 fully saturated rings. The lowest BCUT2D eigenvalue weighted by molar-refractivity contribution is -0.129. The molecule has 0 aromatic rings. The van der Waals surface area contributed by atoms with Crippen LogP contribution in [-0.2, 0) is 9.53 Å². The van der Waals surface area contributed by atoms with Gasteiger partial charge >= 0.3 is 0 Å². The molecule has 6 N–H and O–H groups in total. The number of halogens is 1. The Morgan fingerprint density at radius 3 is 2.69 bits per heavy atom. The molecule has 8 atom stereocenters. The highest BCUT2D eigenvalue weighted by Gasteiger charge is 2.42. The van der Waals surface area contributed by atoms with Crippen LogP contribution in [0.25, 0.3) is 0 Å². The zero-order chi connectivity index (χ0) is 24.9. The van der Waals surface area contributed by atoms with E-state index in [1.165, 1.54) is 0 Å². The van der Waals surface area contributed by atoms with Crippen molar-refractivity contribution in [1.82, 2.24) is 31.7 Å². The van der Waals surface area contributed by atoms with Crippen LogP contribution in [0.1, 0.15) is 57.8 Å². The van der Waals surface area contributed by atoms with Gasteiger partial charge in [0.1, 0.15) is 0 Å². The van der Waals surface area contributed by atoms with Gasteiger partial charge in [-0.15, -0.1) is 11.6 Å². The Kier molecular flexibility index (Phi) is 9.79. The first-order chi connectivity index (χ1) is 17.6. The van der Waals surface area contributed by atoms with Gasteiger partial charge in [0.2, 0.25) is 5.91 Å². The van der Waals surface area contributed by atoms with Crippen LogP contribution < -0.4 is 26.8 Å². The van der Waals surface area contributed by atoms with Crippen molar-refractivity contribution in [1.29, 1.82) is 0 Å². The minimum atomic E-state index is 0.0534. The number of ether oxygens (including phenoxy) is 1. The molecule has 2 aliphatic carbocycles. The lowest BCUT2D eigenvalue weighted by Gasteiger charge is -2.44. The SMILES string of the molecule is O=C(N[C@@H]1COCC2C(Cl)CCCC21)C1CCCC(NCC2NNC(C3CCNCC3)N2CCO)C1. The van der Waals surface area contributed by atoms with Gasteiger partial charge in [-0.05, 0) is 69.9 Å². The quantitative estimate of drug-likeness (QED) is 0.257. The van der Waals surface area contributed by atoms with Crippen LogP contribution in [0, 0.1) is 23.7 Å². The second-order valence-electron chi connectivity index (χ2n) is 11.7. The third kappa shape index (κ3) is 6.37. The molecule has 9 nitrogen and oxygen atoms in total. The molecule has 10 heteroatoms. The first-order valence-electron chi connectivity index (χ1n) is 14.5. The van der Waals surface area contributed by atoms with Crippen molar-refractivity contribution < 1.29 is 14.6 Å². The molecule has 3 aliphatic heterocycles. The smallest absolute Gasteiger partial charge is 0.223 e. The van der Waals surface area contributed by atoms with Gasteiger partial charge in [-0.1, -0.05) is 12.8 Å². The van der Waals surface area contributed by atoms with Crippen molar-refractivity contribution in [3.8, 4) is 0 Å². The molecule has 7 unspecified atom stereocenters.